The first-order valence-electron chi connectivity index (χ1n) is 11.2. The van der Waals surface area contributed by atoms with E-state index in [0.717, 1.165) is 45.3 Å². The van der Waals surface area contributed by atoms with Crippen molar-refractivity contribution in [2.75, 3.05) is 22.3 Å². The first-order valence-corrected chi connectivity index (χ1v) is 11.2. The predicted molar refractivity (Wildman–Crippen MR) is 131 cm³/mol. The van der Waals surface area contributed by atoms with Crippen LogP contribution in [0.5, 0.6) is 5.75 Å². The number of carbonyl (C=O) groups excluding carboxylic acids is 1. The average Bonchev–Trinajstić information content (AvgIpc) is 3.30. The molecule has 1 atom stereocenters. The number of aliphatic imine (C=N–C) groups is 1. The van der Waals surface area contributed by atoms with Gasteiger partial charge in [0.1, 0.15) is 17.2 Å². The number of aryl methyl sites for hydroxylation is 2. The van der Waals surface area contributed by atoms with Crippen molar-refractivity contribution in [3.63, 3.8) is 0 Å². The monoisotopic (exact) mass is 463 g/mol. The minimum absolute atomic E-state index is 0.336. The van der Waals surface area contributed by atoms with Crippen LogP contribution in [0.3, 0.4) is 0 Å². The van der Waals surface area contributed by atoms with Gasteiger partial charge in [0.05, 0.1) is 16.9 Å². The van der Waals surface area contributed by atoms with Crippen LogP contribution in [0.15, 0.2) is 46.7 Å². The van der Waals surface area contributed by atoms with Crippen LogP contribution in [0.2, 0.25) is 0 Å². The highest BCUT2D eigenvalue weighted by atomic mass is 16.7. The standard InChI is InChI=1S/C25H29N5O4/c1-14-9-17(10-15(2)21(14)23(31)33-24(4,5)6)28-25-27-12-16(3)22(29-34-25)30(25)18-7-8-20-19(11-18)26-13-32-20/h7-12,26,28-29H,13H2,1-6H3. The fourth-order valence-corrected chi connectivity index (χ4v) is 4.35. The summed E-state index contributed by atoms with van der Waals surface area (Å²) >= 11 is 0. The highest BCUT2D eigenvalue weighted by molar-refractivity contribution is 5.93. The number of nitrogens with one attached hydrogen (secondary N) is 3. The number of esters is 1. The zero-order valence-electron chi connectivity index (χ0n) is 20.2. The lowest BCUT2D eigenvalue weighted by atomic mass is 10.0. The molecule has 0 spiro atoms. The van der Waals surface area contributed by atoms with E-state index >= 15 is 0 Å². The highest BCUT2D eigenvalue weighted by Gasteiger charge is 2.49. The van der Waals surface area contributed by atoms with Crippen molar-refractivity contribution >= 4 is 29.2 Å². The van der Waals surface area contributed by atoms with Gasteiger partial charge in [0.25, 0.3) is 0 Å². The molecule has 1 fully saturated rings. The molecule has 3 aliphatic heterocycles. The van der Waals surface area contributed by atoms with Crippen LogP contribution >= 0.6 is 0 Å². The van der Waals surface area contributed by atoms with E-state index in [0.29, 0.717) is 12.3 Å². The maximum Gasteiger partial charge on any atom is 0.351 e. The minimum Gasteiger partial charge on any atom is -0.471 e. The Morgan fingerprint density at radius 1 is 1.18 bits per heavy atom. The van der Waals surface area contributed by atoms with E-state index in [-0.39, 0.29) is 5.97 Å². The number of allylic oxidation sites excluding steroid dienone is 1. The lowest BCUT2D eigenvalue weighted by Crippen LogP contribution is -2.51. The van der Waals surface area contributed by atoms with Crippen LogP contribution in [-0.4, -0.2) is 30.5 Å². The largest absolute Gasteiger partial charge is 0.471 e. The van der Waals surface area contributed by atoms with Crippen LogP contribution in [0.25, 0.3) is 0 Å². The summed E-state index contributed by atoms with van der Waals surface area (Å²) in [5.74, 6) is 0.0221. The topological polar surface area (TPSA) is 96.5 Å². The molecule has 9 nitrogen and oxygen atoms in total. The maximum atomic E-state index is 12.8. The number of nitrogens with zero attached hydrogens (tertiary/aromatic N) is 2. The smallest absolute Gasteiger partial charge is 0.351 e. The summed E-state index contributed by atoms with van der Waals surface area (Å²) in [5, 5.41) is 6.65. The van der Waals surface area contributed by atoms with Crippen LogP contribution < -0.4 is 25.8 Å². The quantitative estimate of drug-likeness (QED) is 0.574. The molecule has 2 aromatic carbocycles. The van der Waals surface area contributed by atoms with Crippen LogP contribution in [-0.2, 0) is 9.57 Å². The molecule has 0 amide bonds. The fraction of sp³-hybridized carbons (Fsp3) is 0.360. The maximum absolute atomic E-state index is 12.8. The SMILES string of the molecule is CC1=C2NOC(Nc3cc(C)c(C(=O)OC(C)(C)C)c(C)c3)(N=C1)N2c1ccc2c(c1)NCO2. The van der Waals surface area contributed by atoms with E-state index in [1.807, 2.05) is 76.8 Å². The Kier molecular flexibility index (Phi) is 4.98. The summed E-state index contributed by atoms with van der Waals surface area (Å²) in [7, 11) is 0. The summed E-state index contributed by atoms with van der Waals surface area (Å²) in [6.45, 7) is 11.8. The van der Waals surface area contributed by atoms with E-state index in [2.05, 4.69) is 16.1 Å². The number of hydrogen-bond acceptors (Lipinski definition) is 9. The summed E-state index contributed by atoms with van der Waals surface area (Å²) in [6.07, 6.45) is 1.78. The molecule has 0 radical (unpaired) electrons. The molecular weight excluding hydrogens is 434 g/mol. The van der Waals surface area contributed by atoms with Crippen molar-refractivity contribution in [1.82, 2.24) is 5.48 Å². The average molecular weight is 464 g/mol. The molecule has 3 heterocycles. The number of hydroxylamine groups is 1. The molecular formula is C25H29N5O4. The van der Waals surface area contributed by atoms with Crippen LogP contribution in [0.4, 0.5) is 17.1 Å². The Labute approximate surface area is 198 Å². The van der Waals surface area contributed by atoms with Crippen molar-refractivity contribution < 1.29 is 19.1 Å². The van der Waals surface area contributed by atoms with Gasteiger partial charge in [-0.15, -0.1) is 0 Å². The lowest BCUT2D eigenvalue weighted by molar-refractivity contribution is -0.0214. The van der Waals surface area contributed by atoms with Gasteiger partial charge in [0, 0.05) is 17.5 Å². The molecule has 1 saturated heterocycles. The van der Waals surface area contributed by atoms with Crippen LogP contribution in [0, 0.1) is 13.8 Å². The summed E-state index contributed by atoms with van der Waals surface area (Å²) in [4.78, 5) is 25.5. The first-order chi connectivity index (χ1) is 16.1. The van der Waals surface area contributed by atoms with Gasteiger partial charge < -0.3 is 20.1 Å². The molecule has 5 rings (SSSR count). The third-order valence-electron chi connectivity index (χ3n) is 5.78. The molecule has 0 aliphatic carbocycles. The molecule has 2 bridgehead atoms. The van der Waals surface area contributed by atoms with Gasteiger partial charge in [-0.1, -0.05) is 0 Å². The Balaban J connectivity index is 1.50. The number of benzene rings is 2. The van der Waals surface area contributed by atoms with Gasteiger partial charge in [-0.3, -0.25) is 4.90 Å². The summed E-state index contributed by atoms with van der Waals surface area (Å²) in [5.41, 5.74) is 8.10. The Morgan fingerprint density at radius 2 is 1.91 bits per heavy atom. The number of rotatable bonds is 4. The zero-order chi connectivity index (χ0) is 24.3. The van der Waals surface area contributed by atoms with Gasteiger partial charge in [-0.05, 0) is 83.0 Å². The molecule has 9 heteroatoms. The van der Waals surface area contributed by atoms with Gasteiger partial charge in [0.15, 0.2) is 6.73 Å². The van der Waals surface area contributed by atoms with Crippen molar-refractivity contribution in [2.24, 2.45) is 4.99 Å². The Bertz CT molecular complexity index is 1220. The zero-order valence-corrected chi connectivity index (χ0v) is 20.2. The summed E-state index contributed by atoms with van der Waals surface area (Å²) in [6, 6.07) is 9.70. The third kappa shape index (κ3) is 3.71. The van der Waals surface area contributed by atoms with Crippen molar-refractivity contribution in [2.45, 2.75) is 53.1 Å². The molecule has 2 aromatic rings. The fourth-order valence-electron chi connectivity index (χ4n) is 4.35. The van der Waals surface area contributed by atoms with Gasteiger partial charge in [0.2, 0.25) is 0 Å². The molecule has 34 heavy (non-hydrogen) atoms. The third-order valence-corrected chi connectivity index (χ3v) is 5.78. The second kappa shape index (κ2) is 7.66. The van der Waals surface area contributed by atoms with E-state index in [9.17, 15) is 4.79 Å². The molecule has 3 N–H and O–H groups in total. The Hall–Kier alpha value is -3.72. The normalized spacial score (nSPS) is 20.5. The van der Waals surface area contributed by atoms with Crippen molar-refractivity contribution in [3.05, 3.63) is 58.4 Å². The van der Waals surface area contributed by atoms with E-state index < -0.39 is 11.6 Å². The van der Waals surface area contributed by atoms with E-state index in [4.69, 9.17) is 19.3 Å². The number of anilines is 3. The molecule has 0 saturated carbocycles. The molecule has 3 aliphatic rings. The number of hydrogen-bond donors (Lipinski definition) is 3. The lowest BCUT2D eigenvalue weighted by Gasteiger charge is -2.36. The Morgan fingerprint density at radius 3 is 2.62 bits per heavy atom. The van der Waals surface area contributed by atoms with Gasteiger partial charge >= 0.3 is 11.9 Å². The van der Waals surface area contributed by atoms with Crippen molar-refractivity contribution in [3.8, 4) is 5.75 Å². The van der Waals surface area contributed by atoms with E-state index in [1.165, 1.54) is 0 Å². The van der Waals surface area contributed by atoms with Gasteiger partial charge in [-0.2, -0.15) is 0 Å². The minimum atomic E-state index is -1.24. The molecule has 1 unspecified atom stereocenters. The summed E-state index contributed by atoms with van der Waals surface area (Å²) < 4.78 is 11.2. The number of carbonyl (C=O) groups is 1. The second-order valence-electron chi connectivity index (χ2n) is 9.70. The second-order valence-corrected chi connectivity index (χ2v) is 9.70. The predicted octanol–water partition coefficient (Wildman–Crippen LogP) is 4.40. The molecule has 0 aromatic heterocycles. The number of ether oxygens (including phenoxy) is 2. The van der Waals surface area contributed by atoms with Gasteiger partial charge in [-0.25, -0.2) is 20.1 Å². The highest BCUT2D eigenvalue weighted by Crippen LogP contribution is 2.42. The van der Waals surface area contributed by atoms with Crippen molar-refractivity contribution in [1.29, 1.82) is 0 Å². The number of fused-ring (bicyclic) bond motifs is 3. The van der Waals surface area contributed by atoms with E-state index in [1.54, 1.807) is 6.21 Å². The molecule has 178 valence electrons. The van der Waals surface area contributed by atoms with Crippen LogP contribution in [0.1, 0.15) is 49.2 Å². The first kappa shape index (κ1) is 22.1.